The lowest BCUT2D eigenvalue weighted by Crippen LogP contribution is -2.32. The Bertz CT molecular complexity index is 1140. The number of pyridine rings is 1. The van der Waals surface area contributed by atoms with E-state index in [1.165, 1.54) is 12.1 Å². The Morgan fingerprint density at radius 2 is 2.08 bits per heavy atom. The number of aromatic nitrogens is 2. The molecule has 1 aliphatic rings. The zero-order chi connectivity index (χ0) is 18.4. The summed E-state index contributed by atoms with van der Waals surface area (Å²) < 4.78 is 1.67. The molecule has 8 heteroatoms. The summed E-state index contributed by atoms with van der Waals surface area (Å²) in [4.78, 5) is 39.8. The molecule has 3 aromatic rings. The number of hydrogen-bond acceptors (Lipinski definition) is 5. The van der Waals surface area contributed by atoms with Crippen LogP contribution in [0, 0.1) is 17.0 Å². The normalized spacial score (nSPS) is 16.2. The van der Waals surface area contributed by atoms with E-state index in [2.05, 4.69) is 10.3 Å². The number of fused-ring (bicyclic) bond motifs is 3. The zero-order valence-electron chi connectivity index (χ0n) is 13.8. The highest BCUT2D eigenvalue weighted by atomic mass is 16.6. The Balaban J connectivity index is 1.99. The molecule has 1 unspecified atom stereocenters. The van der Waals surface area contributed by atoms with Crippen molar-refractivity contribution in [2.45, 2.75) is 19.3 Å². The number of nitro benzene ring substituents is 1. The minimum atomic E-state index is -0.587. The number of nitrogens with one attached hydrogen (secondary N) is 1. The summed E-state index contributed by atoms with van der Waals surface area (Å²) >= 11 is 0. The molecule has 8 nitrogen and oxygen atoms in total. The van der Waals surface area contributed by atoms with E-state index in [1.54, 1.807) is 28.8 Å². The van der Waals surface area contributed by atoms with Gasteiger partial charge >= 0.3 is 0 Å². The first-order valence-corrected chi connectivity index (χ1v) is 8.02. The van der Waals surface area contributed by atoms with Gasteiger partial charge in [0.25, 0.3) is 11.2 Å². The molecule has 26 heavy (non-hydrogen) atoms. The standard InChI is InChI=1S/C18H14N4O4/c1-10-4-3-7-21-16(10)20-18(24)15-13(9-14(23)19-17(15)21)11-5-2-6-12(8-11)22(25)26/h2-8,13H,9H2,1H3,(H,19,23). The van der Waals surface area contributed by atoms with Gasteiger partial charge in [0.2, 0.25) is 5.91 Å². The lowest BCUT2D eigenvalue weighted by Gasteiger charge is -2.26. The Labute approximate surface area is 147 Å². The number of carbonyl (C=O) groups is 1. The molecule has 0 saturated heterocycles. The van der Waals surface area contributed by atoms with E-state index in [1.807, 2.05) is 13.0 Å². The fourth-order valence-corrected chi connectivity index (χ4v) is 3.37. The third-order valence-electron chi connectivity index (χ3n) is 4.58. The molecule has 0 saturated carbocycles. The van der Waals surface area contributed by atoms with Crippen molar-refractivity contribution in [2.24, 2.45) is 0 Å². The Kier molecular flexibility index (Phi) is 3.54. The third kappa shape index (κ3) is 2.43. The van der Waals surface area contributed by atoms with Crippen LogP contribution in [0.2, 0.25) is 0 Å². The van der Waals surface area contributed by atoms with Gasteiger partial charge in [-0.3, -0.25) is 24.1 Å². The van der Waals surface area contributed by atoms with E-state index >= 15 is 0 Å². The zero-order valence-corrected chi connectivity index (χ0v) is 13.8. The van der Waals surface area contributed by atoms with E-state index < -0.39 is 16.4 Å². The van der Waals surface area contributed by atoms with Crippen LogP contribution in [0.1, 0.15) is 29.0 Å². The SMILES string of the molecule is Cc1cccn2c3c(c(=O)nc12)C(c1cccc([N+](=O)[O-])c1)CC(=O)N3. The van der Waals surface area contributed by atoms with Gasteiger partial charge in [-0.05, 0) is 24.1 Å². The second-order valence-electron chi connectivity index (χ2n) is 6.22. The molecule has 1 atom stereocenters. The van der Waals surface area contributed by atoms with Crippen molar-refractivity contribution < 1.29 is 9.72 Å². The van der Waals surface area contributed by atoms with Gasteiger partial charge in [0.05, 0.1) is 10.5 Å². The Morgan fingerprint density at radius 1 is 1.27 bits per heavy atom. The van der Waals surface area contributed by atoms with Gasteiger partial charge in [0.15, 0.2) is 0 Å². The number of amides is 1. The van der Waals surface area contributed by atoms with E-state index in [-0.39, 0.29) is 18.0 Å². The van der Waals surface area contributed by atoms with Crippen LogP contribution in [0.25, 0.3) is 5.65 Å². The van der Waals surface area contributed by atoms with Crippen LogP contribution in [0.5, 0.6) is 0 Å². The highest BCUT2D eigenvalue weighted by Crippen LogP contribution is 2.36. The van der Waals surface area contributed by atoms with Gasteiger partial charge in [-0.25, -0.2) is 0 Å². The van der Waals surface area contributed by atoms with Crippen LogP contribution in [0.15, 0.2) is 47.4 Å². The number of benzene rings is 1. The molecule has 4 rings (SSSR count). The number of nitrogens with zero attached hydrogens (tertiary/aromatic N) is 3. The fourth-order valence-electron chi connectivity index (χ4n) is 3.37. The van der Waals surface area contributed by atoms with Crippen LogP contribution in [-0.4, -0.2) is 20.2 Å². The number of non-ortho nitro benzene ring substituents is 1. The van der Waals surface area contributed by atoms with E-state index in [9.17, 15) is 19.7 Å². The Morgan fingerprint density at radius 3 is 2.85 bits per heavy atom. The first-order chi connectivity index (χ1) is 12.5. The van der Waals surface area contributed by atoms with Crippen molar-refractivity contribution in [2.75, 3.05) is 5.32 Å². The first-order valence-electron chi connectivity index (χ1n) is 8.02. The number of hydrogen-bond donors (Lipinski definition) is 1. The van der Waals surface area contributed by atoms with Crippen molar-refractivity contribution >= 4 is 23.1 Å². The van der Waals surface area contributed by atoms with Crippen molar-refractivity contribution in [1.29, 1.82) is 0 Å². The molecule has 1 N–H and O–H groups in total. The van der Waals surface area contributed by atoms with E-state index in [0.717, 1.165) is 5.56 Å². The monoisotopic (exact) mass is 350 g/mol. The molecule has 130 valence electrons. The third-order valence-corrected chi connectivity index (χ3v) is 4.58. The van der Waals surface area contributed by atoms with Crippen molar-refractivity contribution in [3.05, 3.63) is 79.8 Å². The van der Waals surface area contributed by atoms with Crippen molar-refractivity contribution in [1.82, 2.24) is 9.38 Å². The lowest BCUT2D eigenvalue weighted by atomic mass is 9.86. The maximum absolute atomic E-state index is 12.7. The molecule has 1 aliphatic heterocycles. The van der Waals surface area contributed by atoms with Crippen LogP contribution < -0.4 is 10.9 Å². The summed E-state index contributed by atoms with van der Waals surface area (Å²) in [6, 6.07) is 9.65. The predicted octanol–water partition coefficient (Wildman–Crippen LogP) is 2.39. The maximum Gasteiger partial charge on any atom is 0.279 e. The average molecular weight is 350 g/mol. The van der Waals surface area contributed by atoms with Gasteiger partial charge in [-0.1, -0.05) is 18.2 Å². The van der Waals surface area contributed by atoms with Crippen LogP contribution in [0.4, 0.5) is 11.5 Å². The van der Waals surface area contributed by atoms with Gasteiger partial charge in [-0.15, -0.1) is 0 Å². The average Bonchev–Trinajstić information content (AvgIpc) is 2.62. The molecule has 3 heterocycles. The van der Waals surface area contributed by atoms with Gasteiger partial charge < -0.3 is 5.32 Å². The molecule has 0 aliphatic carbocycles. The number of nitro groups is 1. The van der Waals surface area contributed by atoms with Gasteiger partial charge in [0.1, 0.15) is 11.5 Å². The second kappa shape index (κ2) is 5.76. The summed E-state index contributed by atoms with van der Waals surface area (Å²) in [5.41, 5.74) is 1.64. The fraction of sp³-hybridized carbons (Fsp3) is 0.167. The number of anilines is 1. The smallest absolute Gasteiger partial charge is 0.279 e. The van der Waals surface area contributed by atoms with Crippen LogP contribution in [-0.2, 0) is 4.79 Å². The van der Waals surface area contributed by atoms with Crippen LogP contribution >= 0.6 is 0 Å². The second-order valence-corrected chi connectivity index (χ2v) is 6.22. The van der Waals surface area contributed by atoms with E-state index in [0.29, 0.717) is 22.6 Å². The minimum Gasteiger partial charge on any atom is -0.311 e. The molecule has 0 spiro atoms. The summed E-state index contributed by atoms with van der Waals surface area (Å²) in [7, 11) is 0. The molecule has 2 aromatic heterocycles. The first kappa shape index (κ1) is 15.9. The molecule has 0 fully saturated rings. The van der Waals surface area contributed by atoms with Gasteiger partial charge in [0, 0.05) is 30.7 Å². The summed E-state index contributed by atoms with van der Waals surface area (Å²) in [5, 5.41) is 13.8. The molecular formula is C18H14N4O4. The van der Waals surface area contributed by atoms with Crippen molar-refractivity contribution in [3.8, 4) is 0 Å². The number of rotatable bonds is 2. The minimum absolute atomic E-state index is 0.0307. The summed E-state index contributed by atoms with van der Waals surface area (Å²) in [6.45, 7) is 1.83. The molecule has 1 aromatic carbocycles. The van der Waals surface area contributed by atoms with Crippen molar-refractivity contribution in [3.63, 3.8) is 0 Å². The summed E-state index contributed by atoms with van der Waals surface area (Å²) in [5.74, 6) is -0.470. The Hall–Kier alpha value is -3.55. The predicted molar refractivity (Wildman–Crippen MR) is 94.4 cm³/mol. The topological polar surface area (TPSA) is 107 Å². The number of aryl methyl sites for hydroxylation is 1. The van der Waals surface area contributed by atoms with E-state index in [4.69, 9.17) is 0 Å². The maximum atomic E-state index is 12.7. The van der Waals surface area contributed by atoms with Gasteiger partial charge in [-0.2, -0.15) is 4.98 Å². The number of carbonyl (C=O) groups excluding carboxylic acids is 1. The highest BCUT2D eigenvalue weighted by Gasteiger charge is 2.32. The summed E-state index contributed by atoms with van der Waals surface area (Å²) in [6.07, 6.45) is 1.76. The quantitative estimate of drug-likeness (QED) is 0.564. The highest BCUT2D eigenvalue weighted by molar-refractivity contribution is 5.94. The van der Waals surface area contributed by atoms with Crippen LogP contribution in [0.3, 0.4) is 0 Å². The molecule has 0 radical (unpaired) electrons. The molecule has 1 amide bonds. The molecular weight excluding hydrogens is 336 g/mol. The molecule has 0 bridgehead atoms. The largest absolute Gasteiger partial charge is 0.311 e. The lowest BCUT2D eigenvalue weighted by molar-refractivity contribution is -0.384.